The van der Waals surface area contributed by atoms with Crippen molar-refractivity contribution in [3.05, 3.63) is 16.1 Å². The van der Waals surface area contributed by atoms with Crippen molar-refractivity contribution in [1.82, 2.24) is 10.3 Å². The van der Waals surface area contributed by atoms with E-state index in [9.17, 15) is 4.79 Å². The van der Waals surface area contributed by atoms with Crippen molar-refractivity contribution in [2.75, 3.05) is 12.8 Å². The first-order chi connectivity index (χ1) is 9.19. The minimum atomic E-state index is -0.0741. The van der Waals surface area contributed by atoms with Crippen molar-refractivity contribution in [2.45, 2.75) is 43.4 Å². The maximum atomic E-state index is 12.1. The third-order valence-electron chi connectivity index (χ3n) is 3.73. The maximum absolute atomic E-state index is 12.1. The Labute approximate surface area is 122 Å². The van der Waals surface area contributed by atoms with E-state index in [1.165, 1.54) is 43.4 Å². The van der Waals surface area contributed by atoms with Gasteiger partial charge in [-0.2, -0.15) is 11.8 Å². The SMILES string of the molecule is CSC1(CNC(=O)c2csc(CN)n2)CCCCC1. The quantitative estimate of drug-likeness (QED) is 0.876. The first-order valence-electron chi connectivity index (χ1n) is 6.67. The molecule has 3 N–H and O–H groups in total. The van der Waals surface area contributed by atoms with Crippen molar-refractivity contribution >= 4 is 29.0 Å². The summed E-state index contributed by atoms with van der Waals surface area (Å²) in [5.74, 6) is -0.0741. The van der Waals surface area contributed by atoms with E-state index in [-0.39, 0.29) is 10.7 Å². The zero-order valence-corrected chi connectivity index (χ0v) is 12.9. The van der Waals surface area contributed by atoms with Gasteiger partial charge in [-0.25, -0.2) is 4.98 Å². The molecule has 0 spiro atoms. The Morgan fingerprint density at radius 2 is 2.26 bits per heavy atom. The van der Waals surface area contributed by atoms with E-state index in [1.54, 1.807) is 5.38 Å². The molecule has 1 aliphatic carbocycles. The first kappa shape index (κ1) is 14.8. The van der Waals surface area contributed by atoms with Gasteiger partial charge < -0.3 is 11.1 Å². The van der Waals surface area contributed by atoms with E-state index in [2.05, 4.69) is 16.6 Å². The van der Waals surface area contributed by atoms with Crippen molar-refractivity contribution in [1.29, 1.82) is 0 Å². The van der Waals surface area contributed by atoms with E-state index in [1.807, 2.05) is 11.8 Å². The van der Waals surface area contributed by atoms with Gasteiger partial charge in [0.2, 0.25) is 0 Å². The Morgan fingerprint density at radius 3 is 2.84 bits per heavy atom. The van der Waals surface area contributed by atoms with E-state index in [0.717, 1.165) is 11.6 Å². The lowest BCUT2D eigenvalue weighted by molar-refractivity contribution is 0.0942. The van der Waals surface area contributed by atoms with Crippen LogP contribution in [0.4, 0.5) is 0 Å². The number of nitrogens with one attached hydrogen (secondary N) is 1. The van der Waals surface area contributed by atoms with Crippen LogP contribution < -0.4 is 11.1 Å². The minimum absolute atomic E-state index is 0.0741. The molecular formula is C13H21N3OS2. The van der Waals surface area contributed by atoms with Crippen LogP contribution >= 0.6 is 23.1 Å². The lowest BCUT2D eigenvalue weighted by Gasteiger charge is -2.35. The number of nitrogens with zero attached hydrogens (tertiary/aromatic N) is 1. The summed E-state index contributed by atoms with van der Waals surface area (Å²) in [6, 6.07) is 0. The number of rotatable bonds is 5. The molecule has 106 valence electrons. The molecular weight excluding hydrogens is 278 g/mol. The number of hydrogen-bond donors (Lipinski definition) is 2. The number of nitrogens with two attached hydrogens (primary N) is 1. The fourth-order valence-corrected chi connectivity index (χ4v) is 4.06. The van der Waals surface area contributed by atoms with Crippen LogP contribution in [0.25, 0.3) is 0 Å². The average molecular weight is 299 g/mol. The molecule has 1 saturated carbocycles. The van der Waals surface area contributed by atoms with Gasteiger partial charge in [0.1, 0.15) is 10.7 Å². The smallest absolute Gasteiger partial charge is 0.270 e. The van der Waals surface area contributed by atoms with Crippen LogP contribution in [0.2, 0.25) is 0 Å². The minimum Gasteiger partial charge on any atom is -0.349 e. The van der Waals surface area contributed by atoms with Crippen LogP contribution in [0.1, 0.15) is 47.6 Å². The summed E-state index contributed by atoms with van der Waals surface area (Å²) in [4.78, 5) is 16.3. The predicted octanol–water partition coefficient (Wildman–Crippen LogP) is 2.40. The lowest BCUT2D eigenvalue weighted by Crippen LogP contribution is -2.41. The van der Waals surface area contributed by atoms with Crippen molar-refractivity contribution in [3.8, 4) is 0 Å². The molecule has 0 bridgehead atoms. The molecule has 1 aromatic rings. The summed E-state index contributed by atoms with van der Waals surface area (Å²) in [6.45, 7) is 1.13. The molecule has 1 fully saturated rings. The molecule has 0 saturated heterocycles. The fraction of sp³-hybridized carbons (Fsp3) is 0.692. The third kappa shape index (κ3) is 3.70. The van der Waals surface area contributed by atoms with Gasteiger partial charge >= 0.3 is 0 Å². The lowest BCUT2D eigenvalue weighted by atomic mass is 9.88. The summed E-state index contributed by atoms with van der Waals surface area (Å²) in [7, 11) is 0. The molecule has 2 rings (SSSR count). The molecule has 1 aliphatic rings. The third-order valence-corrected chi connectivity index (χ3v) is 6.02. The summed E-state index contributed by atoms with van der Waals surface area (Å²) >= 11 is 3.33. The zero-order chi connectivity index (χ0) is 13.7. The Bertz CT molecular complexity index is 427. The highest BCUT2D eigenvalue weighted by molar-refractivity contribution is 8.00. The standard InChI is InChI=1S/C13H21N3OS2/c1-18-13(5-3-2-4-6-13)9-15-12(17)10-8-19-11(7-14)16-10/h8H,2-7,9,14H2,1H3,(H,15,17). The van der Waals surface area contributed by atoms with Crippen molar-refractivity contribution < 1.29 is 4.79 Å². The van der Waals surface area contributed by atoms with Gasteiger partial charge in [0, 0.05) is 23.2 Å². The highest BCUT2D eigenvalue weighted by Gasteiger charge is 2.31. The second-order valence-electron chi connectivity index (χ2n) is 4.96. The van der Waals surface area contributed by atoms with Crippen LogP contribution in [0.5, 0.6) is 0 Å². The first-order valence-corrected chi connectivity index (χ1v) is 8.77. The number of thioether (sulfide) groups is 1. The summed E-state index contributed by atoms with van der Waals surface area (Å²) in [5.41, 5.74) is 6.01. The topological polar surface area (TPSA) is 68.0 Å². The van der Waals surface area contributed by atoms with Crippen LogP contribution in [-0.2, 0) is 6.54 Å². The van der Waals surface area contributed by atoms with E-state index in [0.29, 0.717) is 12.2 Å². The van der Waals surface area contributed by atoms with Crippen LogP contribution in [0.3, 0.4) is 0 Å². The molecule has 0 unspecified atom stereocenters. The average Bonchev–Trinajstić information content (AvgIpc) is 2.95. The molecule has 0 radical (unpaired) electrons. The number of carbonyl (C=O) groups is 1. The van der Waals surface area contributed by atoms with Gasteiger partial charge in [-0.05, 0) is 19.1 Å². The monoisotopic (exact) mass is 299 g/mol. The highest BCUT2D eigenvalue weighted by atomic mass is 32.2. The Morgan fingerprint density at radius 1 is 1.53 bits per heavy atom. The second-order valence-corrected chi connectivity index (χ2v) is 7.18. The molecule has 1 heterocycles. The molecule has 6 heteroatoms. The van der Waals surface area contributed by atoms with E-state index < -0.39 is 0 Å². The predicted molar refractivity (Wildman–Crippen MR) is 81.7 cm³/mol. The maximum Gasteiger partial charge on any atom is 0.270 e. The van der Waals surface area contributed by atoms with E-state index in [4.69, 9.17) is 5.73 Å². The molecule has 4 nitrogen and oxygen atoms in total. The van der Waals surface area contributed by atoms with Gasteiger partial charge in [-0.3, -0.25) is 4.79 Å². The molecule has 0 atom stereocenters. The Kier molecular flexibility index (Phi) is 5.24. The number of amides is 1. The van der Waals surface area contributed by atoms with Gasteiger partial charge in [0.05, 0.1) is 0 Å². The number of thiazole rings is 1. The summed E-state index contributed by atoms with van der Waals surface area (Å²) in [5, 5.41) is 5.63. The molecule has 0 aliphatic heterocycles. The van der Waals surface area contributed by atoms with Crippen LogP contribution in [0.15, 0.2) is 5.38 Å². The van der Waals surface area contributed by atoms with Crippen LogP contribution in [0, 0.1) is 0 Å². The molecule has 1 aromatic heterocycles. The molecule has 1 amide bonds. The van der Waals surface area contributed by atoms with Crippen molar-refractivity contribution in [3.63, 3.8) is 0 Å². The largest absolute Gasteiger partial charge is 0.349 e. The fourth-order valence-electron chi connectivity index (χ4n) is 2.49. The second kappa shape index (κ2) is 6.72. The zero-order valence-electron chi connectivity index (χ0n) is 11.3. The number of aromatic nitrogens is 1. The van der Waals surface area contributed by atoms with Gasteiger partial charge in [0.15, 0.2) is 0 Å². The van der Waals surface area contributed by atoms with Crippen LogP contribution in [-0.4, -0.2) is 28.4 Å². The van der Waals surface area contributed by atoms with E-state index >= 15 is 0 Å². The highest BCUT2D eigenvalue weighted by Crippen LogP contribution is 2.37. The summed E-state index contributed by atoms with van der Waals surface area (Å²) < 4.78 is 0.223. The summed E-state index contributed by atoms with van der Waals surface area (Å²) in [6.07, 6.45) is 8.39. The Hall–Kier alpha value is -0.590. The molecule has 0 aromatic carbocycles. The Balaban J connectivity index is 1.91. The van der Waals surface area contributed by atoms with Gasteiger partial charge in [0.25, 0.3) is 5.91 Å². The van der Waals surface area contributed by atoms with Crippen molar-refractivity contribution in [2.24, 2.45) is 5.73 Å². The number of carbonyl (C=O) groups excluding carboxylic acids is 1. The normalized spacial score (nSPS) is 18.2. The van der Waals surface area contributed by atoms with Gasteiger partial charge in [-0.15, -0.1) is 11.3 Å². The molecule has 19 heavy (non-hydrogen) atoms. The number of hydrogen-bond acceptors (Lipinski definition) is 5. The van der Waals surface area contributed by atoms with Gasteiger partial charge in [-0.1, -0.05) is 19.3 Å².